The van der Waals surface area contributed by atoms with Gasteiger partial charge in [-0.25, -0.2) is 0 Å². The molecule has 146 valence electrons. The van der Waals surface area contributed by atoms with Crippen molar-refractivity contribution < 1.29 is 14.7 Å². The first kappa shape index (κ1) is 18.3. The third-order valence-electron chi connectivity index (χ3n) is 6.28. The lowest BCUT2D eigenvalue weighted by Crippen LogP contribution is -2.69. The van der Waals surface area contributed by atoms with Crippen LogP contribution in [0.2, 0.25) is 0 Å². The van der Waals surface area contributed by atoms with E-state index >= 15 is 0 Å². The van der Waals surface area contributed by atoms with Crippen molar-refractivity contribution in [2.75, 3.05) is 26.2 Å². The Morgan fingerprint density at radius 2 is 1.78 bits per heavy atom. The van der Waals surface area contributed by atoms with E-state index in [0.29, 0.717) is 19.5 Å². The molecule has 3 aliphatic rings. The van der Waals surface area contributed by atoms with Crippen molar-refractivity contribution in [1.82, 2.24) is 15.1 Å². The third-order valence-corrected chi connectivity index (χ3v) is 6.28. The van der Waals surface area contributed by atoms with E-state index in [2.05, 4.69) is 10.2 Å². The van der Waals surface area contributed by atoms with Gasteiger partial charge in [-0.2, -0.15) is 0 Å². The van der Waals surface area contributed by atoms with Gasteiger partial charge in [-0.1, -0.05) is 31.4 Å². The maximum atomic E-state index is 12.9. The first-order valence-corrected chi connectivity index (χ1v) is 10.2. The van der Waals surface area contributed by atoms with Crippen molar-refractivity contribution in [1.29, 1.82) is 0 Å². The Morgan fingerprint density at radius 1 is 1.04 bits per heavy atom. The van der Waals surface area contributed by atoms with Gasteiger partial charge >= 0.3 is 0 Å². The van der Waals surface area contributed by atoms with Crippen LogP contribution in [0.25, 0.3) is 0 Å². The van der Waals surface area contributed by atoms with Crippen molar-refractivity contribution in [2.45, 2.75) is 50.6 Å². The number of hydrogen-bond donors (Lipinski definition) is 2. The molecule has 4 rings (SSSR count). The molecule has 1 aliphatic carbocycles. The van der Waals surface area contributed by atoms with Crippen molar-refractivity contribution in [2.24, 2.45) is 5.92 Å². The molecule has 0 aromatic heterocycles. The first-order valence-electron chi connectivity index (χ1n) is 10.2. The van der Waals surface area contributed by atoms with E-state index in [1.54, 1.807) is 29.2 Å². The Balaban J connectivity index is 1.37. The van der Waals surface area contributed by atoms with Crippen molar-refractivity contribution in [3.05, 3.63) is 29.8 Å². The van der Waals surface area contributed by atoms with Crippen LogP contribution < -0.4 is 5.32 Å². The molecular formula is C21H29N3O3. The number of phenols is 1. The largest absolute Gasteiger partial charge is 0.508 e. The predicted molar refractivity (Wildman–Crippen MR) is 102 cm³/mol. The van der Waals surface area contributed by atoms with E-state index < -0.39 is 6.04 Å². The van der Waals surface area contributed by atoms with Crippen molar-refractivity contribution in [3.8, 4) is 5.75 Å². The van der Waals surface area contributed by atoms with Crippen LogP contribution in [0.5, 0.6) is 5.75 Å². The van der Waals surface area contributed by atoms with Gasteiger partial charge in [0.2, 0.25) is 11.8 Å². The molecule has 2 atom stereocenters. The minimum atomic E-state index is -0.511. The molecule has 6 nitrogen and oxygen atoms in total. The van der Waals surface area contributed by atoms with Gasteiger partial charge in [0.1, 0.15) is 17.8 Å². The zero-order valence-corrected chi connectivity index (χ0v) is 15.8. The number of benzene rings is 1. The lowest BCUT2D eigenvalue weighted by atomic mass is 9.88. The summed E-state index contributed by atoms with van der Waals surface area (Å²) in [6.45, 7) is 3.20. The fraction of sp³-hybridized carbons (Fsp3) is 0.619. The number of amides is 2. The Hall–Kier alpha value is -2.08. The Morgan fingerprint density at radius 3 is 2.52 bits per heavy atom. The fourth-order valence-electron chi connectivity index (χ4n) is 4.76. The van der Waals surface area contributed by atoms with Crippen LogP contribution in [0.1, 0.15) is 37.7 Å². The minimum Gasteiger partial charge on any atom is -0.508 e. The van der Waals surface area contributed by atoms with E-state index in [-0.39, 0.29) is 23.6 Å². The zero-order chi connectivity index (χ0) is 18.8. The van der Waals surface area contributed by atoms with Crippen LogP contribution in [0.3, 0.4) is 0 Å². The van der Waals surface area contributed by atoms with Crippen LogP contribution in [-0.4, -0.2) is 65.0 Å². The second-order valence-electron chi connectivity index (χ2n) is 8.24. The second-order valence-corrected chi connectivity index (χ2v) is 8.24. The number of hydrogen-bond acceptors (Lipinski definition) is 4. The summed E-state index contributed by atoms with van der Waals surface area (Å²) in [4.78, 5) is 29.8. The summed E-state index contributed by atoms with van der Waals surface area (Å²) in [7, 11) is 0. The van der Waals surface area contributed by atoms with Gasteiger partial charge in [-0.15, -0.1) is 0 Å². The molecule has 2 saturated heterocycles. The van der Waals surface area contributed by atoms with E-state index in [9.17, 15) is 14.7 Å². The first-order chi connectivity index (χ1) is 13.1. The van der Waals surface area contributed by atoms with Crippen molar-refractivity contribution in [3.63, 3.8) is 0 Å². The van der Waals surface area contributed by atoms with Gasteiger partial charge in [0.25, 0.3) is 0 Å². The average molecular weight is 371 g/mol. The summed E-state index contributed by atoms with van der Waals surface area (Å²) in [5, 5.41) is 12.3. The van der Waals surface area contributed by atoms with Crippen LogP contribution in [0.15, 0.2) is 24.3 Å². The highest BCUT2D eigenvalue weighted by atomic mass is 16.3. The molecular weight excluding hydrogens is 342 g/mol. The maximum Gasteiger partial charge on any atom is 0.246 e. The number of nitrogens with zero attached hydrogens (tertiary/aromatic N) is 2. The average Bonchev–Trinajstić information content (AvgIpc) is 2.68. The van der Waals surface area contributed by atoms with Gasteiger partial charge in [0.05, 0.1) is 0 Å². The number of phenolic OH excluding ortho intramolecular Hbond substituents is 1. The lowest BCUT2D eigenvalue weighted by molar-refractivity contribution is -0.153. The number of carbonyl (C=O) groups is 2. The van der Waals surface area contributed by atoms with Crippen LogP contribution in [-0.2, 0) is 16.0 Å². The molecule has 0 unspecified atom stereocenters. The molecule has 2 N–H and O–H groups in total. The molecule has 2 heterocycles. The number of nitrogens with one attached hydrogen (secondary N) is 1. The summed E-state index contributed by atoms with van der Waals surface area (Å²) < 4.78 is 0. The Labute approximate surface area is 160 Å². The molecule has 1 aromatic rings. The summed E-state index contributed by atoms with van der Waals surface area (Å²) in [5.74, 6) is 0.929. The number of aromatic hydroxyl groups is 1. The number of carbonyl (C=O) groups excluding carboxylic acids is 2. The quantitative estimate of drug-likeness (QED) is 0.842. The Kier molecular flexibility index (Phi) is 5.34. The highest BCUT2D eigenvalue weighted by molar-refractivity contribution is 5.97. The van der Waals surface area contributed by atoms with Crippen molar-refractivity contribution >= 4 is 11.8 Å². The topological polar surface area (TPSA) is 72.9 Å². The monoisotopic (exact) mass is 371 g/mol. The van der Waals surface area contributed by atoms with Gasteiger partial charge in [-0.3, -0.25) is 14.5 Å². The summed E-state index contributed by atoms with van der Waals surface area (Å²) in [5.41, 5.74) is 0.931. The number of piperazine rings is 2. The highest BCUT2D eigenvalue weighted by Gasteiger charge is 2.43. The second kappa shape index (κ2) is 7.89. The number of fused-ring (bicyclic) bond motifs is 1. The summed E-state index contributed by atoms with van der Waals surface area (Å²) in [6.07, 6.45) is 7.06. The molecule has 2 aliphatic heterocycles. The van der Waals surface area contributed by atoms with E-state index in [0.717, 1.165) is 24.6 Å². The Bertz CT molecular complexity index is 684. The molecule has 3 fully saturated rings. The SMILES string of the molecule is O=C1N[C@@H](Cc2ccc(O)cc2)C(=O)N2CCN(CC3CCCCC3)C[C@H]12. The van der Waals surface area contributed by atoms with E-state index in [1.807, 2.05) is 0 Å². The predicted octanol–water partition coefficient (Wildman–Crippen LogP) is 1.53. The van der Waals surface area contributed by atoms with E-state index in [4.69, 9.17) is 0 Å². The zero-order valence-electron chi connectivity index (χ0n) is 15.8. The molecule has 2 amide bonds. The molecule has 6 heteroatoms. The third kappa shape index (κ3) is 4.10. The minimum absolute atomic E-state index is 0.0185. The highest BCUT2D eigenvalue weighted by Crippen LogP contribution is 2.26. The van der Waals surface area contributed by atoms with Crippen LogP contribution in [0, 0.1) is 5.92 Å². The lowest BCUT2D eigenvalue weighted by Gasteiger charge is -2.46. The van der Waals surface area contributed by atoms with Gasteiger partial charge in [0, 0.05) is 32.6 Å². The summed E-state index contributed by atoms with van der Waals surface area (Å²) >= 11 is 0. The standard InChI is InChI=1S/C21H29N3O3/c25-17-8-6-15(7-9-17)12-18-21(27)24-11-10-23(14-19(24)20(26)22-18)13-16-4-2-1-3-5-16/h6-9,16,18-19,25H,1-5,10-14H2,(H,22,26)/t18-,19+/m0/s1. The molecule has 27 heavy (non-hydrogen) atoms. The summed E-state index contributed by atoms with van der Waals surface area (Å²) in [6, 6.07) is 5.94. The molecule has 0 bridgehead atoms. The van der Waals surface area contributed by atoms with Gasteiger partial charge in [-0.05, 0) is 36.5 Å². The molecule has 1 saturated carbocycles. The normalized spacial score (nSPS) is 27.3. The number of rotatable bonds is 4. The molecule has 0 spiro atoms. The van der Waals surface area contributed by atoms with Crippen LogP contribution >= 0.6 is 0 Å². The molecule has 1 aromatic carbocycles. The fourth-order valence-corrected chi connectivity index (χ4v) is 4.76. The molecule has 0 radical (unpaired) electrons. The van der Waals surface area contributed by atoms with Gasteiger partial charge in [0.15, 0.2) is 0 Å². The maximum absolute atomic E-state index is 12.9. The smallest absolute Gasteiger partial charge is 0.246 e. The van der Waals surface area contributed by atoms with Gasteiger partial charge < -0.3 is 15.3 Å². The van der Waals surface area contributed by atoms with E-state index in [1.165, 1.54) is 32.1 Å². The van der Waals surface area contributed by atoms with Crippen LogP contribution in [0.4, 0.5) is 0 Å².